The molecule has 2 atom stereocenters. The Morgan fingerprint density at radius 1 is 0.976 bits per heavy atom. The molecule has 0 radical (unpaired) electrons. The van der Waals surface area contributed by atoms with Crippen LogP contribution in [0.1, 0.15) is 32.8 Å². The molecule has 3 aromatic carbocycles. The van der Waals surface area contributed by atoms with Crippen LogP contribution in [0.4, 0.5) is 5.69 Å². The summed E-state index contributed by atoms with van der Waals surface area (Å²) in [5.74, 6) is -0.339. The molecule has 2 amide bonds. The van der Waals surface area contributed by atoms with E-state index in [-0.39, 0.29) is 34.8 Å². The van der Waals surface area contributed by atoms with Crippen LogP contribution in [0.2, 0.25) is 5.02 Å². The highest BCUT2D eigenvalue weighted by atomic mass is 79.9. The molecule has 1 N–H and O–H groups in total. The summed E-state index contributed by atoms with van der Waals surface area (Å²) in [6.45, 7) is 4.96. The highest BCUT2D eigenvalue weighted by Crippen LogP contribution is 2.32. The van der Waals surface area contributed by atoms with Crippen molar-refractivity contribution >= 4 is 55.1 Å². The maximum Gasteiger partial charge on any atom is 0.264 e. The van der Waals surface area contributed by atoms with Crippen LogP contribution in [-0.4, -0.2) is 58.0 Å². The molecule has 0 aliphatic rings. The van der Waals surface area contributed by atoms with Crippen molar-refractivity contribution in [3.05, 3.63) is 81.8 Å². The van der Waals surface area contributed by atoms with E-state index in [4.69, 9.17) is 21.1 Å². The zero-order valence-electron chi connectivity index (χ0n) is 24.1. The number of amides is 2. The molecular weight excluding hydrogens is 646 g/mol. The maximum absolute atomic E-state index is 14.1. The second-order valence-electron chi connectivity index (χ2n) is 9.65. The number of benzene rings is 3. The fourth-order valence-electron chi connectivity index (χ4n) is 4.12. The first kappa shape index (κ1) is 33.2. The smallest absolute Gasteiger partial charge is 0.264 e. The number of hydrogen-bond donors (Lipinski definition) is 1. The van der Waals surface area contributed by atoms with Crippen molar-refractivity contribution in [2.75, 3.05) is 25.1 Å². The molecule has 12 heteroatoms. The van der Waals surface area contributed by atoms with Gasteiger partial charge in [0.05, 0.1) is 24.8 Å². The van der Waals surface area contributed by atoms with Gasteiger partial charge in [-0.2, -0.15) is 0 Å². The third-order valence-electron chi connectivity index (χ3n) is 6.75. The fourth-order valence-corrected chi connectivity index (χ4v) is 6.12. The van der Waals surface area contributed by atoms with Crippen molar-refractivity contribution < 1.29 is 27.5 Å². The van der Waals surface area contributed by atoms with E-state index in [9.17, 15) is 18.0 Å². The lowest BCUT2D eigenvalue weighted by molar-refractivity contribution is -0.139. The molecule has 3 rings (SSSR count). The number of carbonyl (C=O) groups excluding carboxylic acids is 2. The monoisotopic (exact) mass is 679 g/mol. The van der Waals surface area contributed by atoms with Crippen molar-refractivity contribution in [1.29, 1.82) is 0 Å². The van der Waals surface area contributed by atoms with Crippen molar-refractivity contribution in [3.63, 3.8) is 0 Å². The minimum atomic E-state index is -4.30. The first-order valence-corrected chi connectivity index (χ1v) is 15.9. The van der Waals surface area contributed by atoms with Crippen LogP contribution in [0.5, 0.6) is 11.5 Å². The Hall–Kier alpha value is -3.28. The van der Waals surface area contributed by atoms with Gasteiger partial charge in [0, 0.05) is 28.1 Å². The summed E-state index contributed by atoms with van der Waals surface area (Å²) in [5.41, 5.74) is 0.989. The van der Waals surface area contributed by atoms with Gasteiger partial charge in [-0.05, 0) is 74.4 Å². The highest BCUT2D eigenvalue weighted by molar-refractivity contribution is 9.10. The molecule has 0 fully saturated rings. The number of nitrogens with one attached hydrogen (secondary N) is 1. The number of ether oxygens (including phenoxy) is 2. The molecule has 0 aliphatic carbocycles. The summed E-state index contributed by atoms with van der Waals surface area (Å²) >= 11 is 9.54. The SMILES string of the molecule is CC[C@@H](C)NC(=O)[C@H](C)N(Cc1cccc(Br)c1)C(=O)CN(c1ccc(Cl)cc1)S(=O)(=O)c1ccc(OC)c(OC)c1. The lowest BCUT2D eigenvalue weighted by atomic mass is 10.1. The number of anilines is 1. The minimum Gasteiger partial charge on any atom is -0.493 e. The molecule has 42 heavy (non-hydrogen) atoms. The van der Waals surface area contributed by atoms with Gasteiger partial charge in [0.2, 0.25) is 11.8 Å². The van der Waals surface area contributed by atoms with Gasteiger partial charge in [0.1, 0.15) is 12.6 Å². The topological polar surface area (TPSA) is 105 Å². The minimum absolute atomic E-state index is 0.0816. The molecule has 0 aliphatic heterocycles. The lowest BCUT2D eigenvalue weighted by Crippen LogP contribution is -2.52. The molecule has 3 aromatic rings. The van der Waals surface area contributed by atoms with Crippen LogP contribution in [0.3, 0.4) is 0 Å². The Kier molecular flexibility index (Phi) is 11.7. The van der Waals surface area contributed by atoms with Gasteiger partial charge >= 0.3 is 0 Å². The zero-order chi connectivity index (χ0) is 31.0. The Bertz CT molecular complexity index is 1500. The van der Waals surface area contributed by atoms with E-state index in [2.05, 4.69) is 21.2 Å². The van der Waals surface area contributed by atoms with Crippen LogP contribution in [0.15, 0.2) is 76.1 Å². The normalized spacial score (nSPS) is 12.6. The van der Waals surface area contributed by atoms with Crippen molar-refractivity contribution in [3.8, 4) is 11.5 Å². The molecule has 0 saturated heterocycles. The van der Waals surface area contributed by atoms with Gasteiger partial charge in [-0.25, -0.2) is 8.42 Å². The van der Waals surface area contributed by atoms with Crippen molar-refractivity contribution in [2.45, 2.75) is 50.7 Å². The van der Waals surface area contributed by atoms with Crippen molar-refractivity contribution in [1.82, 2.24) is 10.2 Å². The maximum atomic E-state index is 14.1. The molecule has 226 valence electrons. The van der Waals surface area contributed by atoms with E-state index in [1.807, 2.05) is 38.1 Å². The quantitative estimate of drug-likeness (QED) is 0.250. The standard InChI is InChI=1S/C30H35BrClN3O6S/c1-6-20(2)33-30(37)21(3)34(18-22-8-7-9-23(31)16-22)29(36)19-35(25-12-10-24(32)11-13-25)42(38,39)26-14-15-27(40-4)28(17-26)41-5/h7-17,20-21H,6,18-19H2,1-5H3,(H,33,37)/t20-,21+/m1/s1. The number of sulfonamides is 1. The van der Waals surface area contributed by atoms with E-state index < -0.39 is 28.5 Å². The van der Waals surface area contributed by atoms with Gasteiger partial charge in [-0.3, -0.25) is 13.9 Å². The van der Waals surface area contributed by atoms with Crippen LogP contribution < -0.4 is 19.1 Å². The lowest BCUT2D eigenvalue weighted by Gasteiger charge is -2.32. The van der Waals surface area contributed by atoms with Crippen molar-refractivity contribution in [2.24, 2.45) is 0 Å². The average molecular weight is 681 g/mol. The second-order valence-corrected chi connectivity index (χ2v) is 12.9. The van der Waals surface area contributed by atoms with E-state index >= 15 is 0 Å². The second kappa shape index (κ2) is 14.8. The number of methoxy groups -OCH3 is 2. The summed E-state index contributed by atoms with van der Waals surface area (Å²) in [5, 5.41) is 3.32. The van der Waals surface area contributed by atoms with Gasteiger partial charge in [0.15, 0.2) is 11.5 Å². The predicted molar refractivity (Wildman–Crippen MR) is 168 cm³/mol. The zero-order valence-corrected chi connectivity index (χ0v) is 27.3. The number of nitrogens with zero attached hydrogens (tertiary/aromatic N) is 2. The van der Waals surface area contributed by atoms with E-state index in [1.165, 1.54) is 49.5 Å². The van der Waals surface area contributed by atoms with E-state index in [0.717, 1.165) is 14.3 Å². The van der Waals surface area contributed by atoms with Gasteiger partial charge < -0.3 is 19.7 Å². The number of rotatable bonds is 13. The molecule has 0 aromatic heterocycles. The molecule has 0 bridgehead atoms. The van der Waals surface area contributed by atoms with Crippen LogP contribution >= 0.6 is 27.5 Å². The summed E-state index contributed by atoms with van der Waals surface area (Å²) in [4.78, 5) is 28.5. The Balaban J connectivity index is 2.06. The van der Waals surface area contributed by atoms with Crippen LogP contribution in [0, 0.1) is 0 Å². The van der Waals surface area contributed by atoms with E-state index in [0.29, 0.717) is 17.2 Å². The van der Waals surface area contributed by atoms with Gasteiger partial charge in [-0.15, -0.1) is 0 Å². The first-order chi connectivity index (χ1) is 19.9. The van der Waals surface area contributed by atoms with Gasteiger partial charge in [-0.1, -0.05) is 46.6 Å². The largest absolute Gasteiger partial charge is 0.493 e. The number of halogens is 2. The third-order valence-corrected chi connectivity index (χ3v) is 9.26. The Morgan fingerprint density at radius 2 is 1.64 bits per heavy atom. The summed E-state index contributed by atoms with van der Waals surface area (Å²) in [7, 11) is -1.45. The summed E-state index contributed by atoms with van der Waals surface area (Å²) < 4.78 is 40.5. The predicted octanol–water partition coefficient (Wildman–Crippen LogP) is 5.65. The summed E-state index contributed by atoms with van der Waals surface area (Å²) in [6, 6.07) is 16.7. The average Bonchev–Trinajstić information content (AvgIpc) is 2.98. The molecular formula is C30H35BrClN3O6S. The third kappa shape index (κ3) is 8.17. The Morgan fingerprint density at radius 3 is 2.24 bits per heavy atom. The molecule has 9 nitrogen and oxygen atoms in total. The van der Waals surface area contributed by atoms with Gasteiger partial charge in [0.25, 0.3) is 10.0 Å². The fraction of sp³-hybridized carbons (Fsp3) is 0.333. The van der Waals surface area contributed by atoms with Crippen LogP contribution in [0.25, 0.3) is 0 Å². The summed E-state index contributed by atoms with van der Waals surface area (Å²) in [6.07, 6.45) is 0.714. The highest BCUT2D eigenvalue weighted by Gasteiger charge is 2.33. The molecule has 0 unspecified atom stereocenters. The molecule has 0 heterocycles. The van der Waals surface area contributed by atoms with E-state index in [1.54, 1.807) is 19.1 Å². The first-order valence-electron chi connectivity index (χ1n) is 13.3. The molecule has 0 spiro atoms. The number of hydrogen-bond acceptors (Lipinski definition) is 6. The Labute approximate surface area is 260 Å². The molecule has 0 saturated carbocycles. The van der Waals surface area contributed by atoms with Crippen LogP contribution in [-0.2, 0) is 26.2 Å². The number of carbonyl (C=O) groups is 2.